The van der Waals surface area contributed by atoms with E-state index >= 15 is 0 Å². The zero-order valence-electron chi connectivity index (χ0n) is 15.0. The predicted octanol–water partition coefficient (Wildman–Crippen LogP) is 4.18. The maximum absolute atomic E-state index is 12.5. The van der Waals surface area contributed by atoms with Crippen molar-refractivity contribution in [3.63, 3.8) is 0 Å². The van der Waals surface area contributed by atoms with E-state index < -0.39 is 0 Å². The largest absolute Gasteiger partial charge is 0.343 e. The number of rotatable bonds is 4. The molecular weight excluding hydrogens is 324 g/mol. The summed E-state index contributed by atoms with van der Waals surface area (Å²) < 4.78 is 0. The first kappa shape index (κ1) is 18.8. The third-order valence-corrected chi connectivity index (χ3v) is 4.78. The van der Waals surface area contributed by atoms with Crippen LogP contribution in [0.1, 0.15) is 44.2 Å². The zero-order chi connectivity index (χ0) is 17.9. The van der Waals surface area contributed by atoms with Gasteiger partial charge < -0.3 is 10.2 Å². The van der Waals surface area contributed by atoms with Crippen LogP contribution in [0.25, 0.3) is 0 Å². The minimum atomic E-state index is -0.0649. The molecular formula is C19H27ClN2O2. The summed E-state index contributed by atoms with van der Waals surface area (Å²) in [5.41, 5.74) is 2.75. The highest BCUT2D eigenvalue weighted by Crippen LogP contribution is 2.29. The number of hydrogen-bond acceptors (Lipinski definition) is 2. The summed E-state index contributed by atoms with van der Waals surface area (Å²) >= 11 is 6.26. The third kappa shape index (κ3) is 4.73. The normalized spacial score (nSPS) is 15.7. The van der Waals surface area contributed by atoms with Crippen LogP contribution in [0.2, 0.25) is 5.02 Å². The van der Waals surface area contributed by atoms with Gasteiger partial charge in [0.1, 0.15) is 0 Å². The average molecular weight is 351 g/mol. The van der Waals surface area contributed by atoms with Crippen LogP contribution in [0.3, 0.4) is 0 Å². The summed E-state index contributed by atoms with van der Waals surface area (Å²) in [6.45, 7) is 9.34. The molecule has 0 bridgehead atoms. The molecule has 0 saturated carbocycles. The number of anilines is 1. The van der Waals surface area contributed by atoms with Crippen molar-refractivity contribution in [3.8, 4) is 0 Å². The number of halogens is 1. The topological polar surface area (TPSA) is 49.4 Å². The molecule has 1 fully saturated rings. The molecule has 0 aromatic heterocycles. The Bertz CT molecular complexity index is 597. The van der Waals surface area contributed by atoms with Crippen LogP contribution in [0, 0.1) is 25.7 Å². The van der Waals surface area contributed by atoms with Crippen LogP contribution in [-0.4, -0.2) is 29.8 Å². The number of piperidine rings is 1. The van der Waals surface area contributed by atoms with Gasteiger partial charge in [0.25, 0.3) is 0 Å². The van der Waals surface area contributed by atoms with Gasteiger partial charge in [0.15, 0.2) is 0 Å². The molecule has 4 nitrogen and oxygen atoms in total. The fourth-order valence-electron chi connectivity index (χ4n) is 3.17. The molecule has 1 aromatic carbocycles. The molecule has 0 aliphatic carbocycles. The molecule has 2 rings (SSSR count). The molecule has 1 aliphatic heterocycles. The maximum atomic E-state index is 12.5. The van der Waals surface area contributed by atoms with E-state index in [-0.39, 0.29) is 17.7 Å². The lowest BCUT2D eigenvalue weighted by Crippen LogP contribution is -2.41. The number of aryl methyl sites for hydroxylation is 2. The second-order valence-electron chi connectivity index (χ2n) is 7.18. The summed E-state index contributed by atoms with van der Waals surface area (Å²) in [7, 11) is 0. The summed E-state index contributed by atoms with van der Waals surface area (Å²) in [5, 5.41) is 3.55. The van der Waals surface area contributed by atoms with Gasteiger partial charge in [-0.15, -0.1) is 0 Å². The number of nitrogens with zero attached hydrogens (tertiary/aromatic N) is 1. The lowest BCUT2D eigenvalue weighted by Gasteiger charge is -2.32. The van der Waals surface area contributed by atoms with Gasteiger partial charge in [-0.3, -0.25) is 9.59 Å². The standard InChI is InChI=1S/C19H27ClN2O2/c1-12(2)9-17(23)22-7-5-15(6-8-22)19(24)21-18-14(4)10-13(3)11-16(18)20/h10-12,15H,5-9H2,1-4H3,(H,21,24). The molecule has 24 heavy (non-hydrogen) atoms. The number of amides is 2. The van der Waals surface area contributed by atoms with Gasteiger partial charge in [0.2, 0.25) is 11.8 Å². The van der Waals surface area contributed by atoms with E-state index in [0.717, 1.165) is 11.1 Å². The highest BCUT2D eigenvalue weighted by Gasteiger charge is 2.28. The van der Waals surface area contributed by atoms with Crippen molar-refractivity contribution in [2.24, 2.45) is 11.8 Å². The van der Waals surface area contributed by atoms with Crippen molar-refractivity contribution in [2.75, 3.05) is 18.4 Å². The van der Waals surface area contributed by atoms with Crippen LogP contribution >= 0.6 is 11.6 Å². The van der Waals surface area contributed by atoms with Gasteiger partial charge in [-0.05, 0) is 49.8 Å². The Morgan fingerprint density at radius 3 is 2.42 bits per heavy atom. The molecule has 1 N–H and O–H groups in total. The highest BCUT2D eigenvalue weighted by atomic mass is 35.5. The lowest BCUT2D eigenvalue weighted by molar-refractivity contribution is -0.135. The molecule has 2 amide bonds. The van der Waals surface area contributed by atoms with Crippen LogP contribution in [0.5, 0.6) is 0 Å². The minimum absolute atomic E-state index is 0.000174. The number of benzene rings is 1. The van der Waals surface area contributed by atoms with Crippen molar-refractivity contribution in [1.29, 1.82) is 0 Å². The smallest absolute Gasteiger partial charge is 0.227 e. The van der Waals surface area contributed by atoms with E-state index in [1.807, 2.05) is 44.7 Å². The fourth-order valence-corrected chi connectivity index (χ4v) is 3.54. The van der Waals surface area contributed by atoms with E-state index in [1.54, 1.807) is 0 Å². The maximum Gasteiger partial charge on any atom is 0.227 e. The van der Waals surface area contributed by atoms with Gasteiger partial charge in [-0.2, -0.15) is 0 Å². The summed E-state index contributed by atoms with van der Waals surface area (Å²) in [5.74, 6) is 0.496. The number of carbonyl (C=O) groups excluding carboxylic acids is 2. The van der Waals surface area contributed by atoms with Crippen molar-refractivity contribution >= 4 is 29.1 Å². The Kier molecular flexibility index (Phi) is 6.27. The Balaban J connectivity index is 1.93. The number of likely N-dealkylation sites (tertiary alicyclic amines) is 1. The summed E-state index contributed by atoms with van der Waals surface area (Å²) in [4.78, 5) is 26.5. The minimum Gasteiger partial charge on any atom is -0.343 e. The van der Waals surface area contributed by atoms with E-state index in [1.165, 1.54) is 0 Å². The van der Waals surface area contributed by atoms with E-state index in [2.05, 4.69) is 5.32 Å². The van der Waals surface area contributed by atoms with Crippen molar-refractivity contribution < 1.29 is 9.59 Å². The highest BCUT2D eigenvalue weighted by molar-refractivity contribution is 6.34. The van der Waals surface area contributed by atoms with Crippen LogP contribution < -0.4 is 5.32 Å². The lowest BCUT2D eigenvalue weighted by atomic mass is 9.95. The number of nitrogens with one attached hydrogen (secondary N) is 1. The zero-order valence-corrected chi connectivity index (χ0v) is 15.7. The van der Waals surface area contributed by atoms with Crippen LogP contribution in [-0.2, 0) is 9.59 Å². The first-order valence-electron chi connectivity index (χ1n) is 8.63. The van der Waals surface area contributed by atoms with Gasteiger partial charge in [0.05, 0.1) is 10.7 Å². The first-order valence-corrected chi connectivity index (χ1v) is 9.01. The van der Waals surface area contributed by atoms with Gasteiger partial charge in [0, 0.05) is 25.4 Å². The van der Waals surface area contributed by atoms with Crippen molar-refractivity contribution in [2.45, 2.75) is 47.0 Å². The Morgan fingerprint density at radius 2 is 1.88 bits per heavy atom. The fraction of sp³-hybridized carbons (Fsp3) is 0.579. The molecule has 132 valence electrons. The number of carbonyl (C=O) groups is 2. The third-order valence-electron chi connectivity index (χ3n) is 4.48. The molecule has 1 saturated heterocycles. The van der Waals surface area contributed by atoms with Gasteiger partial charge in [-0.1, -0.05) is 31.5 Å². The Labute approximate surface area is 149 Å². The predicted molar refractivity (Wildman–Crippen MR) is 98.3 cm³/mol. The second-order valence-corrected chi connectivity index (χ2v) is 7.59. The Morgan fingerprint density at radius 1 is 1.25 bits per heavy atom. The van der Waals surface area contributed by atoms with Crippen LogP contribution in [0.15, 0.2) is 12.1 Å². The summed E-state index contributed by atoms with van der Waals surface area (Å²) in [6, 6.07) is 3.87. The number of hydrogen-bond donors (Lipinski definition) is 1. The van der Waals surface area contributed by atoms with E-state index in [9.17, 15) is 9.59 Å². The van der Waals surface area contributed by atoms with E-state index in [4.69, 9.17) is 11.6 Å². The molecule has 0 atom stereocenters. The van der Waals surface area contributed by atoms with Crippen molar-refractivity contribution in [1.82, 2.24) is 4.90 Å². The van der Waals surface area contributed by atoms with Gasteiger partial charge in [-0.25, -0.2) is 0 Å². The summed E-state index contributed by atoms with van der Waals surface area (Å²) in [6.07, 6.45) is 1.99. The SMILES string of the molecule is Cc1cc(C)c(NC(=O)C2CCN(C(=O)CC(C)C)CC2)c(Cl)c1. The molecule has 0 spiro atoms. The molecule has 1 aliphatic rings. The van der Waals surface area contributed by atoms with Gasteiger partial charge >= 0.3 is 0 Å². The quantitative estimate of drug-likeness (QED) is 0.885. The molecule has 1 heterocycles. The molecule has 0 radical (unpaired) electrons. The molecule has 1 aromatic rings. The van der Waals surface area contributed by atoms with Crippen LogP contribution in [0.4, 0.5) is 5.69 Å². The monoisotopic (exact) mass is 350 g/mol. The van der Waals surface area contributed by atoms with Crippen molar-refractivity contribution in [3.05, 3.63) is 28.3 Å². The van der Waals surface area contributed by atoms with E-state index in [0.29, 0.717) is 49.0 Å². The molecule has 5 heteroatoms. The Hall–Kier alpha value is -1.55. The first-order chi connectivity index (χ1) is 11.3. The second kappa shape index (κ2) is 8.02. The average Bonchev–Trinajstić information content (AvgIpc) is 2.50. The molecule has 0 unspecified atom stereocenters.